The molecule has 0 aliphatic heterocycles. The maximum Gasteiger partial charge on any atom is 0.305 e. The second kappa shape index (κ2) is 10.8. The summed E-state index contributed by atoms with van der Waals surface area (Å²) < 4.78 is 0. The van der Waals surface area contributed by atoms with E-state index in [9.17, 15) is 9.59 Å². The van der Waals surface area contributed by atoms with Gasteiger partial charge >= 0.3 is 5.97 Å². The number of aliphatic imine (C=N–C) groups is 1. The molecular formula is C6H11NO3. The van der Waals surface area contributed by atoms with Gasteiger partial charge in [0, 0.05) is 0 Å². The molecule has 0 aliphatic rings. The first-order chi connectivity index (χ1) is 4.77. The Kier molecular flexibility index (Phi) is 12.5. The number of carbonyl (C=O) groups is 1. The van der Waals surface area contributed by atoms with Gasteiger partial charge < -0.3 is 5.11 Å². The maximum absolute atomic E-state index is 9.68. The number of hydrogen-bond donors (Lipinski definition) is 1. The summed E-state index contributed by atoms with van der Waals surface area (Å²) in [6.07, 6.45) is 1.13. The highest BCUT2D eigenvalue weighted by Gasteiger charge is 1.91. The number of rotatable bonds is 3. The van der Waals surface area contributed by atoms with Crippen LogP contribution in [0, 0.1) is 0 Å². The lowest BCUT2D eigenvalue weighted by Crippen LogP contribution is -1.95. The fraction of sp³-hybridized carbons (Fsp3) is 0.667. The Hall–Kier alpha value is -1.15. The molecule has 4 heteroatoms. The van der Waals surface area contributed by atoms with Crippen LogP contribution in [-0.2, 0) is 9.59 Å². The predicted octanol–water partition coefficient (Wildman–Crippen LogP) is 0.823. The Morgan fingerprint density at radius 1 is 1.60 bits per heavy atom. The number of carbonyl (C=O) groups excluding carboxylic acids is 1. The van der Waals surface area contributed by atoms with Crippen LogP contribution in [0.2, 0.25) is 0 Å². The molecule has 0 spiro atoms. The molecule has 0 rings (SSSR count). The first-order valence-electron chi connectivity index (χ1n) is 3.03. The van der Waals surface area contributed by atoms with Crippen molar-refractivity contribution in [3.05, 3.63) is 0 Å². The first kappa shape index (κ1) is 11.6. The average molecular weight is 145 g/mol. The van der Waals surface area contributed by atoms with Gasteiger partial charge in [0.15, 0.2) is 0 Å². The first-order valence-corrected chi connectivity index (χ1v) is 3.03. The van der Waals surface area contributed by atoms with Crippen molar-refractivity contribution in [2.45, 2.75) is 20.3 Å². The third kappa shape index (κ3) is 15.8. The van der Waals surface area contributed by atoms with Crippen LogP contribution >= 0.6 is 0 Å². The molecule has 1 N–H and O–H groups in total. The van der Waals surface area contributed by atoms with E-state index in [4.69, 9.17) is 5.11 Å². The van der Waals surface area contributed by atoms with Gasteiger partial charge in [0.2, 0.25) is 6.08 Å². The standard InChI is InChI=1S/C4H5NO3.C2H6/c6-3-5-2-1-4(7)8;1-2/h1-2H2,(H,7,8);1-2H3. The van der Waals surface area contributed by atoms with E-state index in [0.29, 0.717) is 0 Å². The summed E-state index contributed by atoms with van der Waals surface area (Å²) in [7, 11) is 0. The highest BCUT2D eigenvalue weighted by atomic mass is 16.4. The molecule has 0 atom stereocenters. The van der Waals surface area contributed by atoms with Gasteiger partial charge in [0.1, 0.15) is 0 Å². The van der Waals surface area contributed by atoms with E-state index in [1.165, 1.54) is 6.08 Å². The van der Waals surface area contributed by atoms with Crippen molar-refractivity contribution in [3.8, 4) is 0 Å². The molecule has 0 unspecified atom stereocenters. The average Bonchev–Trinajstić information content (AvgIpc) is 1.92. The topological polar surface area (TPSA) is 66.7 Å². The molecule has 0 heterocycles. The van der Waals surface area contributed by atoms with Crippen molar-refractivity contribution in [1.29, 1.82) is 0 Å². The lowest BCUT2D eigenvalue weighted by molar-refractivity contribution is -0.136. The van der Waals surface area contributed by atoms with E-state index < -0.39 is 5.97 Å². The van der Waals surface area contributed by atoms with Crippen LogP contribution < -0.4 is 0 Å². The molecular weight excluding hydrogens is 134 g/mol. The van der Waals surface area contributed by atoms with E-state index in [0.717, 1.165) is 0 Å². The molecule has 4 nitrogen and oxygen atoms in total. The van der Waals surface area contributed by atoms with Gasteiger partial charge in [-0.05, 0) is 0 Å². The molecule has 0 saturated carbocycles. The van der Waals surface area contributed by atoms with Crippen LogP contribution in [0.3, 0.4) is 0 Å². The minimum Gasteiger partial charge on any atom is -0.481 e. The zero-order chi connectivity index (χ0) is 8.41. The molecule has 58 valence electrons. The second-order valence-corrected chi connectivity index (χ2v) is 1.12. The smallest absolute Gasteiger partial charge is 0.305 e. The van der Waals surface area contributed by atoms with Gasteiger partial charge in [0.25, 0.3) is 0 Å². The minimum absolute atomic E-state index is 0.0266. The number of carboxylic acid groups (broad SMARTS) is 1. The van der Waals surface area contributed by atoms with Gasteiger partial charge in [-0.3, -0.25) is 4.79 Å². The van der Waals surface area contributed by atoms with Crippen LogP contribution in [0.25, 0.3) is 0 Å². The second-order valence-electron chi connectivity index (χ2n) is 1.12. The number of aliphatic carboxylic acids is 1. The largest absolute Gasteiger partial charge is 0.481 e. The van der Waals surface area contributed by atoms with Crippen molar-refractivity contribution in [2.75, 3.05) is 6.54 Å². The highest BCUT2D eigenvalue weighted by Crippen LogP contribution is 1.76. The molecule has 0 aromatic heterocycles. The lowest BCUT2D eigenvalue weighted by Gasteiger charge is -1.80. The predicted molar refractivity (Wildman–Crippen MR) is 36.6 cm³/mol. The van der Waals surface area contributed by atoms with Gasteiger partial charge in [-0.15, -0.1) is 0 Å². The van der Waals surface area contributed by atoms with E-state index in [1.807, 2.05) is 13.8 Å². The molecule has 10 heavy (non-hydrogen) atoms. The Morgan fingerprint density at radius 2 is 2.10 bits per heavy atom. The van der Waals surface area contributed by atoms with Crippen molar-refractivity contribution >= 4 is 12.0 Å². The maximum atomic E-state index is 9.68. The summed E-state index contributed by atoms with van der Waals surface area (Å²) in [5.41, 5.74) is 0. The Morgan fingerprint density at radius 3 is 2.40 bits per heavy atom. The zero-order valence-corrected chi connectivity index (χ0v) is 6.13. The van der Waals surface area contributed by atoms with Crippen LogP contribution in [0.1, 0.15) is 20.3 Å². The molecule has 0 aromatic rings. The normalized spacial score (nSPS) is 6.60. The van der Waals surface area contributed by atoms with Gasteiger partial charge in [-0.2, -0.15) is 0 Å². The molecule has 0 bridgehead atoms. The molecule has 0 radical (unpaired) electrons. The van der Waals surface area contributed by atoms with Gasteiger partial charge in [-0.25, -0.2) is 9.79 Å². The lowest BCUT2D eigenvalue weighted by atomic mass is 10.4. The van der Waals surface area contributed by atoms with Crippen molar-refractivity contribution in [1.82, 2.24) is 0 Å². The van der Waals surface area contributed by atoms with Gasteiger partial charge in [-0.1, -0.05) is 13.8 Å². The van der Waals surface area contributed by atoms with Crippen molar-refractivity contribution in [2.24, 2.45) is 4.99 Å². The zero-order valence-electron chi connectivity index (χ0n) is 6.13. The summed E-state index contributed by atoms with van der Waals surface area (Å²) in [5, 5.41) is 7.95. The monoisotopic (exact) mass is 145 g/mol. The number of carboxylic acids is 1. The fourth-order valence-electron chi connectivity index (χ4n) is 0.197. The quantitative estimate of drug-likeness (QED) is 0.472. The SMILES string of the molecule is CC.O=C=NCCC(=O)O. The third-order valence-corrected chi connectivity index (χ3v) is 0.502. The van der Waals surface area contributed by atoms with Crippen LogP contribution in [0.15, 0.2) is 4.99 Å². The Labute approximate surface area is 59.6 Å². The Balaban J connectivity index is 0. The summed E-state index contributed by atoms with van der Waals surface area (Å²) >= 11 is 0. The number of hydrogen-bond acceptors (Lipinski definition) is 3. The summed E-state index contributed by atoms with van der Waals surface area (Å²) in [6, 6.07) is 0. The minimum atomic E-state index is -0.955. The molecule has 0 amide bonds. The molecule has 0 aromatic carbocycles. The third-order valence-electron chi connectivity index (χ3n) is 0.502. The number of isocyanates is 1. The van der Waals surface area contributed by atoms with Crippen LogP contribution in [0.4, 0.5) is 0 Å². The van der Waals surface area contributed by atoms with Crippen molar-refractivity contribution < 1.29 is 14.7 Å². The van der Waals surface area contributed by atoms with E-state index >= 15 is 0 Å². The van der Waals surface area contributed by atoms with Crippen LogP contribution in [0.5, 0.6) is 0 Å². The summed E-state index contributed by atoms with van der Waals surface area (Å²) in [4.78, 5) is 22.0. The molecule has 0 aliphatic carbocycles. The Bertz CT molecular complexity index is 125. The number of nitrogens with zero attached hydrogens (tertiary/aromatic N) is 1. The molecule has 0 saturated heterocycles. The van der Waals surface area contributed by atoms with E-state index in [2.05, 4.69) is 4.99 Å². The van der Waals surface area contributed by atoms with Gasteiger partial charge in [0.05, 0.1) is 13.0 Å². The fourth-order valence-corrected chi connectivity index (χ4v) is 0.197. The van der Waals surface area contributed by atoms with Crippen LogP contribution in [-0.4, -0.2) is 23.7 Å². The highest BCUT2D eigenvalue weighted by molar-refractivity contribution is 5.67. The van der Waals surface area contributed by atoms with Crippen molar-refractivity contribution in [3.63, 3.8) is 0 Å². The summed E-state index contributed by atoms with van der Waals surface area (Å²) in [5.74, 6) is -0.955. The summed E-state index contributed by atoms with van der Waals surface area (Å²) in [6.45, 7) is 4.03. The van der Waals surface area contributed by atoms with E-state index in [-0.39, 0.29) is 13.0 Å². The molecule has 0 fully saturated rings. The van der Waals surface area contributed by atoms with E-state index in [1.54, 1.807) is 0 Å².